The third-order valence-corrected chi connectivity index (χ3v) is 3.21. The molecule has 0 bridgehead atoms. The molecule has 0 atom stereocenters. The second-order valence-corrected chi connectivity index (χ2v) is 4.92. The van der Waals surface area contributed by atoms with Crippen LogP contribution < -0.4 is 10.1 Å². The zero-order valence-corrected chi connectivity index (χ0v) is 13.0. The Hall–Kier alpha value is -2.04. The molecule has 116 valence electrons. The molecule has 1 rings (SSSR count). The molecule has 21 heavy (non-hydrogen) atoms. The van der Waals surface area contributed by atoms with Crippen molar-refractivity contribution >= 4 is 11.8 Å². The minimum Gasteiger partial charge on any atom is -0.497 e. The van der Waals surface area contributed by atoms with Crippen molar-refractivity contribution in [3.63, 3.8) is 0 Å². The topological polar surface area (TPSA) is 58.6 Å². The summed E-state index contributed by atoms with van der Waals surface area (Å²) in [7, 11) is 1.61. The maximum absolute atomic E-state index is 11.9. The van der Waals surface area contributed by atoms with Crippen LogP contribution in [0.25, 0.3) is 0 Å². The van der Waals surface area contributed by atoms with Gasteiger partial charge in [-0.15, -0.1) is 0 Å². The van der Waals surface area contributed by atoms with Crippen LogP contribution in [0, 0.1) is 0 Å². The van der Waals surface area contributed by atoms with Crippen molar-refractivity contribution in [2.24, 2.45) is 0 Å². The minimum atomic E-state index is -0.142. The van der Waals surface area contributed by atoms with Crippen LogP contribution in [-0.2, 0) is 16.1 Å². The fourth-order valence-corrected chi connectivity index (χ4v) is 1.87. The fourth-order valence-electron chi connectivity index (χ4n) is 1.87. The number of nitrogens with one attached hydrogen (secondary N) is 1. The average Bonchev–Trinajstić information content (AvgIpc) is 2.49. The monoisotopic (exact) mass is 292 g/mol. The van der Waals surface area contributed by atoms with Gasteiger partial charge in [-0.1, -0.05) is 25.5 Å². The van der Waals surface area contributed by atoms with Gasteiger partial charge in [0.1, 0.15) is 5.75 Å². The third-order valence-electron chi connectivity index (χ3n) is 3.21. The van der Waals surface area contributed by atoms with Crippen molar-refractivity contribution in [2.45, 2.75) is 33.2 Å². The fraction of sp³-hybridized carbons (Fsp3) is 0.500. The lowest BCUT2D eigenvalue weighted by atomic mass is 10.2. The first-order valence-corrected chi connectivity index (χ1v) is 7.22. The third kappa shape index (κ3) is 6.29. The van der Waals surface area contributed by atoms with Crippen LogP contribution in [0.15, 0.2) is 24.3 Å². The summed E-state index contributed by atoms with van der Waals surface area (Å²) in [5, 5.41) is 2.82. The first-order chi connectivity index (χ1) is 10.1. The van der Waals surface area contributed by atoms with E-state index < -0.39 is 0 Å². The molecular formula is C16H24N2O3. The Bertz CT molecular complexity index is 457. The van der Waals surface area contributed by atoms with Crippen molar-refractivity contribution < 1.29 is 14.3 Å². The molecule has 0 aliphatic carbocycles. The number of amides is 2. The van der Waals surface area contributed by atoms with Crippen molar-refractivity contribution in [2.75, 3.05) is 20.2 Å². The molecular weight excluding hydrogens is 268 g/mol. The molecule has 0 aromatic heterocycles. The normalized spacial score (nSPS) is 10.0. The van der Waals surface area contributed by atoms with E-state index in [1.165, 1.54) is 6.92 Å². The Morgan fingerprint density at radius 2 is 1.90 bits per heavy atom. The summed E-state index contributed by atoms with van der Waals surface area (Å²) >= 11 is 0. The van der Waals surface area contributed by atoms with Gasteiger partial charge in [-0.05, 0) is 24.1 Å². The summed E-state index contributed by atoms with van der Waals surface area (Å²) < 4.78 is 5.08. The molecule has 0 unspecified atom stereocenters. The van der Waals surface area contributed by atoms with Crippen molar-refractivity contribution in [1.82, 2.24) is 10.2 Å². The summed E-state index contributed by atoms with van der Waals surface area (Å²) in [4.78, 5) is 24.9. The van der Waals surface area contributed by atoms with Gasteiger partial charge in [-0.3, -0.25) is 9.59 Å². The van der Waals surface area contributed by atoms with Gasteiger partial charge >= 0.3 is 0 Å². The second-order valence-electron chi connectivity index (χ2n) is 4.92. The molecule has 5 heteroatoms. The van der Waals surface area contributed by atoms with Gasteiger partial charge in [-0.2, -0.15) is 0 Å². The molecule has 1 N–H and O–H groups in total. The summed E-state index contributed by atoms with van der Waals surface area (Å²) in [5.41, 5.74) is 0.993. The molecule has 0 radical (unpaired) electrons. The highest BCUT2D eigenvalue weighted by Gasteiger charge is 2.12. The van der Waals surface area contributed by atoms with Crippen LogP contribution >= 0.6 is 0 Å². The van der Waals surface area contributed by atoms with E-state index >= 15 is 0 Å². The molecule has 1 aromatic carbocycles. The van der Waals surface area contributed by atoms with E-state index in [0.29, 0.717) is 13.1 Å². The predicted octanol–water partition coefficient (Wildman–Crippen LogP) is 1.96. The Morgan fingerprint density at radius 1 is 1.24 bits per heavy atom. The number of unbranched alkanes of at least 4 members (excludes halogenated alkanes) is 1. The second kappa shape index (κ2) is 9.00. The standard InChI is InChI=1S/C16H24N2O3/c1-4-5-10-18(13(2)19)12-16(20)17-11-14-6-8-15(21-3)9-7-14/h6-9H,4-5,10-12H2,1-3H3,(H,17,20). The molecule has 0 spiro atoms. The zero-order chi connectivity index (χ0) is 15.7. The summed E-state index contributed by atoms with van der Waals surface area (Å²) in [6, 6.07) is 7.51. The number of hydrogen-bond acceptors (Lipinski definition) is 3. The molecule has 2 amide bonds. The number of hydrogen-bond donors (Lipinski definition) is 1. The summed E-state index contributed by atoms with van der Waals surface area (Å²) in [5.74, 6) is 0.576. The number of nitrogens with zero attached hydrogens (tertiary/aromatic N) is 1. The Labute approximate surface area is 126 Å². The van der Waals surface area contributed by atoms with Gasteiger partial charge in [0.15, 0.2) is 0 Å². The Morgan fingerprint density at radius 3 is 2.43 bits per heavy atom. The molecule has 0 aliphatic heterocycles. The highest BCUT2D eigenvalue weighted by Crippen LogP contribution is 2.10. The van der Waals surface area contributed by atoms with Crippen molar-refractivity contribution in [3.05, 3.63) is 29.8 Å². The maximum atomic E-state index is 11.9. The maximum Gasteiger partial charge on any atom is 0.239 e. The van der Waals surface area contributed by atoms with Gasteiger partial charge < -0.3 is 15.0 Å². The van der Waals surface area contributed by atoms with Crippen LogP contribution in [0.2, 0.25) is 0 Å². The summed E-state index contributed by atoms with van der Waals surface area (Å²) in [6.45, 7) is 4.74. The average molecular weight is 292 g/mol. The lowest BCUT2D eigenvalue weighted by Crippen LogP contribution is -2.39. The van der Waals surface area contributed by atoms with Gasteiger partial charge in [0, 0.05) is 20.0 Å². The molecule has 0 fully saturated rings. The number of ether oxygens (including phenoxy) is 1. The molecule has 0 aliphatic rings. The molecule has 0 saturated carbocycles. The van der Waals surface area contributed by atoms with Gasteiger partial charge in [0.2, 0.25) is 11.8 Å². The lowest BCUT2D eigenvalue weighted by molar-refractivity contribution is -0.134. The van der Waals surface area contributed by atoms with E-state index in [2.05, 4.69) is 12.2 Å². The number of carbonyl (C=O) groups is 2. The van der Waals surface area contributed by atoms with Gasteiger partial charge in [-0.25, -0.2) is 0 Å². The van der Waals surface area contributed by atoms with E-state index in [4.69, 9.17) is 4.74 Å². The van der Waals surface area contributed by atoms with E-state index in [1.807, 2.05) is 24.3 Å². The van der Waals surface area contributed by atoms with Crippen LogP contribution in [0.3, 0.4) is 0 Å². The van der Waals surface area contributed by atoms with Crippen molar-refractivity contribution in [1.29, 1.82) is 0 Å². The Kier molecular flexibility index (Phi) is 7.29. The number of benzene rings is 1. The lowest BCUT2D eigenvalue weighted by Gasteiger charge is -2.20. The smallest absolute Gasteiger partial charge is 0.239 e. The highest BCUT2D eigenvalue weighted by molar-refractivity contribution is 5.83. The largest absolute Gasteiger partial charge is 0.497 e. The van der Waals surface area contributed by atoms with Crippen LogP contribution in [-0.4, -0.2) is 36.9 Å². The number of carbonyl (C=O) groups excluding carboxylic acids is 2. The minimum absolute atomic E-state index is 0.0666. The van der Waals surface area contributed by atoms with Crippen LogP contribution in [0.1, 0.15) is 32.3 Å². The quantitative estimate of drug-likeness (QED) is 0.797. The number of rotatable bonds is 8. The van der Waals surface area contributed by atoms with E-state index in [1.54, 1.807) is 12.0 Å². The highest BCUT2D eigenvalue weighted by atomic mass is 16.5. The van der Waals surface area contributed by atoms with E-state index in [0.717, 1.165) is 24.2 Å². The molecule has 5 nitrogen and oxygen atoms in total. The summed E-state index contributed by atoms with van der Waals surface area (Å²) in [6.07, 6.45) is 1.91. The first kappa shape index (κ1) is 17.0. The first-order valence-electron chi connectivity index (χ1n) is 7.22. The van der Waals surface area contributed by atoms with Crippen molar-refractivity contribution in [3.8, 4) is 5.75 Å². The molecule has 0 saturated heterocycles. The van der Waals surface area contributed by atoms with E-state index in [9.17, 15) is 9.59 Å². The SMILES string of the molecule is CCCCN(CC(=O)NCc1ccc(OC)cc1)C(C)=O. The van der Waals surface area contributed by atoms with Crippen LogP contribution in [0.5, 0.6) is 5.75 Å². The van der Waals surface area contributed by atoms with Gasteiger partial charge in [0.25, 0.3) is 0 Å². The predicted molar refractivity (Wildman–Crippen MR) is 82.0 cm³/mol. The zero-order valence-electron chi connectivity index (χ0n) is 13.0. The van der Waals surface area contributed by atoms with Gasteiger partial charge in [0.05, 0.1) is 13.7 Å². The van der Waals surface area contributed by atoms with E-state index in [-0.39, 0.29) is 18.4 Å². The molecule has 0 heterocycles. The molecule has 1 aromatic rings. The van der Waals surface area contributed by atoms with Crippen LogP contribution in [0.4, 0.5) is 0 Å². The Balaban J connectivity index is 2.42. The number of methoxy groups -OCH3 is 1.